The second kappa shape index (κ2) is 7.54. The van der Waals surface area contributed by atoms with Crippen molar-refractivity contribution in [1.82, 2.24) is 4.90 Å². The smallest absolute Gasteiger partial charge is 0.409 e. The van der Waals surface area contributed by atoms with Crippen LogP contribution in [0.15, 0.2) is 48.5 Å². The molecule has 1 aliphatic carbocycles. The van der Waals surface area contributed by atoms with Gasteiger partial charge in [0.1, 0.15) is 6.61 Å². The van der Waals surface area contributed by atoms with Crippen molar-refractivity contribution in [2.24, 2.45) is 11.3 Å². The number of carboxylic acid groups (broad SMARTS) is 1. The molecule has 0 bridgehead atoms. The normalized spacial score (nSPS) is 17.7. The van der Waals surface area contributed by atoms with Gasteiger partial charge >= 0.3 is 12.1 Å². The zero-order valence-electron chi connectivity index (χ0n) is 16.9. The number of ether oxygens (including phenoxy) is 1. The van der Waals surface area contributed by atoms with Crippen molar-refractivity contribution in [2.75, 3.05) is 19.7 Å². The van der Waals surface area contributed by atoms with Crippen LogP contribution in [-0.2, 0) is 9.53 Å². The Hall–Kier alpha value is -2.82. The van der Waals surface area contributed by atoms with E-state index in [1.165, 1.54) is 22.3 Å². The van der Waals surface area contributed by atoms with E-state index < -0.39 is 11.4 Å². The maximum atomic E-state index is 12.7. The van der Waals surface area contributed by atoms with Crippen LogP contribution in [0, 0.1) is 11.3 Å². The Morgan fingerprint density at radius 2 is 1.55 bits per heavy atom. The molecule has 0 aromatic heterocycles. The summed E-state index contributed by atoms with van der Waals surface area (Å²) in [6, 6.07) is 16.5. The molecule has 4 rings (SSSR count). The SMILES string of the molecule is CC(C)C1(C(=O)O)CCN(C(=O)OCC2c3ccccc3-c3ccccc32)CC1. The fraction of sp³-hybridized carbons (Fsp3) is 0.417. The summed E-state index contributed by atoms with van der Waals surface area (Å²) >= 11 is 0. The van der Waals surface area contributed by atoms with Crippen LogP contribution in [0.4, 0.5) is 4.79 Å². The zero-order chi connectivity index (χ0) is 20.6. The lowest BCUT2D eigenvalue weighted by Crippen LogP contribution is -2.49. The second-order valence-electron chi connectivity index (χ2n) is 8.41. The van der Waals surface area contributed by atoms with E-state index in [1.54, 1.807) is 4.90 Å². The lowest BCUT2D eigenvalue weighted by atomic mass is 9.70. The minimum Gasteiger partial charge on any atom is -0.481 e. The van der Waals surface area contributed by atoms with Gasteiger partial charge in [0.15, 0.2) is 0 Å². The van der Waals surface area contributed by atoms with Crippen LogP contribution < -0.4 is 0 Å². The van der Waals surface area contributed by atoms with Crippen molar-refractivity contribution in [3.63, 3.8) is 0 Å². The van der Waals surface area contributed by atoms with Gasteiger partial charge in [-0.05, 0) is 41.0 Å². The molecule has 1 fully saturated rings. The second-order valence-corrected chi connectivity index (χ2v) is 8.41. The van der Waals surface area contributed by atoms with Crippen LogP contribution in [0.1, 0.15) is 43.7 Å². The van der Waals surface area contributed by atoms with Crippen molar-refractivity contribution in [2.45, 2.75) is 32.6 Å². The Kier molecular flexibility index (Phi) is 5.07. The number of piperidine rings is 1. The lowest BCUT2D eigenvalue weighted by Gasteiger charge is -2.41. The lowest BCUT2D eigenvalue weighted by molar-refractivity contribution is -0.155. The molecule has 2 aliphatic rings. The van der Waals surface area contributed by atoms with Crippen molar-refractivity contribution < 1.29 is 19.4 Å². The fourth-order valence-corrected chi connectivity index (χ4v) is 4.81. The molecule has 152 valence electrons. The number of likely N-dealkylation sites (tertiary alicyclic amines) is 1. The van der Waals surface area contributed by atoms with E-state index in [1.807, 2.05) is 38.1 Å². The first kappa shape index (κ1) is 19.5. The van der Waals surface area contributed by atoms with Gasteiger partial charge in [0.05, 0.1) is 5.41 Å². The monoisotopic (exact) mass is 393 g/mol. The molecule has 0 radical (unpaired) electrons. The topological polar surface area (TPSA) is 66.8 Å². The Morgan fingerprint density at radius 3 is 2.03 bits per heavy atom. The molecular weight excluding hydrogens is 366 g/mol. The fourth-order valence-electron chi connectivity index (χ4n) is 4.81. The predicted octanol–water partition coefficient (Wildman–Crippen LogP) is 4.76. The van der Waals surface area contributed by atoms with Crippen LogP contribution in [0.25, 0.3) is 11.1 Å². The molecule has 0 spiro atoms. The van der Waals surface area contributed by atoms with Gasteiger partial charge in [-0.2, -0.15) is 0 Å². The predicted molar refractivity (Wildman–Crippen MR) is 111 cm³/mol. The molecule has 5 heteroatoms. The number of benzene rings is 2. The van der Waals surface area contributed by atoms with E-state index in [2.05, 4.69) is 24.3 Å². The van der Waals surface area contributed by atoms with E-state index >= 15 is 0 Å². The van der Waals surface area contributed by atoms with E-state index in [9.17, 15) is 14.7 Å². The molecule has 1 aliphatic heterocycles. The summed E-state index contributed by atoms with van der Waals surface area (Å²) in [7, 11) is 0. The van der Waals surface area contributed by atoms with Gasteiger partial charge in [0, 0.05) is 19.0 Å². The number of amides is 1. The van der Waals surface area contributed by atoms with E-state index in [0.29, 0.717) is 25.9 Å². The number of rotatable bonds is 4. The van der Waals surface area contributed by atoms with Crippen molar-refractivity contribution >= 4 is 12.1 Å². The highest BCUT2D eigenvalue weighted by atomic mass is 16.6. The van der Waals surface area contributed by atoms with E-state index in [-0.39, 0.29) is 24.5 Å². The highest BCUT2D eigenvalue weighted by molar-refractivity contribution is 5.79. The van der Waals surface area contributed by atoms with Gasteiger partial charge in [0.25, 0.3) is 0 Å². The molecule has 0 saturated carbocycles. The van der Waals surface area contributed by atoms with Gasteiger partial charge in [-0.25, -0.2) is 4.79 Å². The highest BCUT2D eigenvalue weighted by Crippen LogP contribution is 2.44. The summed E-state index contributed by atoms with van der Waals surface area (Å²) in [6.07, 6.45) is 0.573. The number of aliphatic carboxylic acids is 1. The molecule has 29 heavy (non-hydrogen) atoms. The minimum absolute atomic E-state index is 0.0321. The largest absolute Gasteiger partial charge is 0.481 e. The Balaban J connectivity index is 1.43. The van der Waals surface area contributed by atoms with Gasteiger partial charge < -0.3 is 14.7 Å². The quantitative estimate of drug-likeness (QED) is 0.813. The van der Waals surface area contributed by atoms with Crippen LogP contribution in [0.3, 0.4) is 0 Å². The first-order valence-corrected chi connectivity index (χ1v) is 10.3. The molecule has 0 atom stereocenters. The van der Waals surface area contributed by atoms with Crippen LogP contribution >= 0.6 is 0 Å². The molecule has 5 nitrogen and oxygen atoms in total. The molecule has 1 N–H and O–H groups in total. The van der Waals surface area contributed by atoms with Gasteiger partial charge in [-0.1, -0.05) is 62.4 Å². The summed E-state index contributed by atoms with van der Waals surface area (Å²) in [5.74, 6) is -0.700. The van der Waals surface area contributed by atoms with E-state index in [0.717, 1.165) is 0 Å². The highest BCUT2D eigenvalue weighted by Gasteiger charge is 2.45. The zero-order valence-corrected chi connectivity index (χ0v) is 16.9. The van der Waals surface area contributed by atoms with Crippen LogP contribution in [0.5, 0.6) is 0 Å². The van der Waals surface area contributed by atoms with E-state index in [4.69, 9.17) is 4.74 Å². The number of carbonyl (C=O) groups excluding carboxylic acids is 1. The van der Waals surface area contributed by atoms with Crippen molar-refractivity contribution in [3.8, 4) is 11.1 Å². The molecule has 1 saturated heterocycles. The summed E-state index contributed by atoms with van der Waals surface area (Å²) < 4.78 is 5.71. The molecule has 0 unspecified atom stereocenters. The summed E-state index contributed by atoms with van der Waals surface area (Å²) in [4.78, 5) is 26.1. The Labute approximate surface area is 171 Å². The third-order valence-electron chi connectivity index (χ3n) is 6.78. The first-order valence-electron chi connectivity index (χ1n) is 10.3. The number of hydrogen-bond acceptors (Lipinski definition) is 3. The molecule has 2 aromatic carbocycles. The number of carboxylic acids is 1. The summed E-state index contributed by atoms with van der Waals surface area (Å²) in [5.41, 5.74) is 4.02. The Bertz CT molecular complexity index is 882. The van der Waals surface area contributed by atoms with Gasteiger partial charge in [-0.3, -0.25) is 4.79 Å². The summed E-state index contributed by atoms with van der Waals surface area (Å²) in [6.45, 7) is 5.01. The van der Waals surface area contributed by atoms with Crippen LogP contribution in [0.2, 0.25) is 0 Å². The third-order valence-corrected chi connectivity index (χ3v) is 6.78. The Morgan fingerprint density at radius 1 is 1.03 bits per heavy atom. The van der Waals surface area contributed by atoms with Crippen molar-refractivity contribution in [3.05, 3.63) is 59.7 Å². The standard InChI is InChI=1S/C24H27NO4/c1-16(2)24(22(26)27)11-13-25(14-12-24)23(28)29-15-21-19-9-5-3-7-17(19)18-8-4-6-10-20(18)21/h3-10,16,21H,11-15H2,1-2H3,(H,26,27). The average Bonchev–Trinajstić information content (AvgIpc) is 3.05. The average molecular weight is 393 g/mol. The first-order chi connectivity index (χ1) is 13.9. The van der Waals surface area contributed by atoms with Gasteiger partial charge in [0.2, 0.25) is 0 Å². The maximum Gasteiger partial charge on any atom is 0.409 e. The number of nitrogens with zero attached hydrogens (tertiary/aromatic N) is 1. The third kappa shape index (κ3) is 3.28. The number of fused-ring (bicyclic) bond motifs is 3. The molecule has 1 heterocycles. The number of hydrogen-bond donors (Lipinski definition) is 1. The van der Waals surface area contributed by atoms with Crippen molar-refractivity contribution in [1.29, 1.82) is 0 Å². The molecule has 1 amide bonds. The molecular formula is C24H27NO4. The summed E-state index contributed by atoms with van der Waals surface area (Å²) in [5, 5.41) is 9.68. The van der Waals surface area contributed by atoms with Gasteiger partial charge in [-0.15, -0.1) is 0 Å². The van der Waals surface area contributed by atoms with Crippen LogP contribution in [-0.4, -0.2) is 41.8 Å². The molecule has 2 aromatic rings. The number of carbonyl (C=O) groups is 2. The maximum absolute atomic E-state index is 12.7. The minimum atomic E-state index is -0.764.